The highest BCUT2D eigenvalue weighted by atomic mass is 16.5. The van der Waals surface area contributed by atoms with E-state index >= 15 is 0 Å². The summed E-state index contributed by atoms with van der Waals surface area (Å²) in [5, 5.41) is 0. The molecule has 26 heavy (non-hydrogen) atoms. The van der Waals surface area contributed by atoms with Crippen LogP contribution in [0.5, 0.6) is 5.75 Å². The van der Waals surface area contributed by atoms with E-state index in [1.54, 1.807) is 7.11 Å². The average Bonchev–Trinajstić information content (AvgIpc) is 3.02. The van der Waals surface area contributed by atoms with E-state index in [0.29, 0.717) is 39.0 Å². The highest BCUT2D eigenvalue weighted by Gasteiger charge is 2.22. The van der Waals surface area contributed by atoms with Crippen molar-refractivity contribution in [3.05, 3.63) is 53.9 Å². The third-order valence-electron chi connectivity index (χ3n) is 4.69. The molecular formula is C20H25N3O3. The Morgan fingerprint density at radius 1 is 1.00 bits per heavy atom. The van der Waals surface area contributed by atoms with Gasteiger partial charge in [0.05, 0.1) is 20.0 Å². The molecule has 0 aliphatic carbocycles. The van der Waals surface area contributed by atoms with E-state index in [2.05, 4.69) is 4.98 Å². The number of nitrogens with one attached hydrogen (secondary N) is 1. The minimum Gasteiger partial charge on any atom is -0.497 e. The molecule has 1 fully saturated rings. The van der Waals surface area contributed by atoms with Crippen molar-refractivity contribution >= 4 is 11.8 Å². The molecule has 1 aromatic heterocycles. The summed E-state index contributed by atoms with van der Waals surface area (Å²) in [5.41, 5.74) is 1.86. The lowest BCUT2D eigenvalue weighted by Gasteiger charge is -2.22. The van der Waals surface area contributed by atoms with Gasteiger partial charge < -0.3 is 19.5 Å². The Labute approximate surface area is 153 Å². The number of benzene rings is 1. The number of methoxy groups -OCH3 is 1. The Morgan fingerprint density at radius 3 is 2.38 bits per heavy atom. The number of carbonyl (C=O) groups excluding carboxylic acids is 2. The molecular weight excluding hydrogens is 330 g/mol. The number of hydrogen-bond acceptors (Lipinski definition) is 3. The second-order valence-corrected chi connectivity index (χ2v) is 6.52. The van der Waals surface area contributed by atoms with Crippen LogP contribution in [-0.2, 0) is 22.4 Å². The van der Waals surface area contributed by atoms with Gasteiger partial charge >= 0.3 is 0 Å². The summed E-state index contributed by atoms with van der Waals surface area (Å²) in [6.45, 7) is 2.56. The lowest BCUT2D eigenvalue weighted by atomic mass is 10.1. The SMILES string of the molecule is COc1cccc(CC(=O)N2CCCN(C(=O)Cc3ccc[nH]3)CC2)c1. The number of aromatic nitrogens is 1. The normalized spacial score (nSPS) is 14.8. The zero-order valence-corrected chi connectivity index (χ0v) is 15.1. The molecule has 2 aromatic rings. The van der Waals surface area contributed by atoms with E-state index in [1.807, 2.05) is 52.4 Å². The van der Waals surface area contributed by atoms with E-state index in [-0.39, 0.29) is 11.8 Å². The summed E-state index contributed by atoms with van der Waals surface area (Å²) in [6, 6.07) is 11.4. The van der Waals surface area contributed by atoms with Crippen molar-refractivity contribution in [1.29, 1.82) is 0 Å². The zero-order valence-electron chi connectivity index (χ0n) is 15.1. The maximum Gasteiger partial charge on any atom is 0.228 e. The fourth-order valence-corrected chi connectivity index (χ4v) is 3.24. The molecule has 0 atom stereocenters. The summed E-state index contributed by atoms with van der Waals surface area (Å²) >= 11 is 0. The molecule has 1 saturated heterocycles. The monoisotopic (exact) mass is 355 g/mol. The van der Waals surface area contributed by atoms with E-state index < -0.39 is 0 Å². The minimum absolute atomic E-state index is 0.0944. The van der Waals surface area contributed by atoms with Crippen LogP contribution in [0.1, 0.15) is 17.7 Å². The zero-order chi connectivity index (χ0) is 18.4. The summed E-state index contributed by atoms with van der Waals surface area (Å²) in [6.07, 6.45) is 3.36. The first kappa shape index (κ1) is 18.0. The van der Waals surface area contributed by atoms with Crippen LogP contribution in [0.15, 0.2) is 42.6 Å². The van der Waals surface area contributed by atoms with Crippen molar-refractivity contribution in [2.75, 3.05) is 33.3 Å². The molecule has 138 valence electrons. The number of H-pyrrole nitrogens is 1. The molecule has 0 saturated carbocycles. The second-order valence-electron chi connectivity index (χ2n) is 6.52. The Bertz CT molecular complexity index is 743. The minimum atomic E-state index is 0.0944. The van der Waals surface area contributed by atoms with E-state index in [0.717, 1.165) is 23.4 Å². The number of aromatic amines is 1. The lowest BCUT2D eigenvalue weighted by molar-refractivity contribution is -0.132. The summed E-state index contributed by atoms with van der Waals surface area (Å²) < 4.78 is 5.21. The molecule has 2 amide bonds. The molecule has 6 nitrogen and oxygen atoms in total. The van der Waals surface area contributed by atoms with Crippen molar-refractivity contribution < 1.29 is 14.3 Å². The molecule has 1 aliphatic rings. The number of rotatable bonds is 5. The molecule has 2 heterocycles. The van der Waals surface area contributed by atoms with Gasteiger partial charge in [0.1, 0.15) is 5.75 Å². The summed E-state index contributed by atoms with van der Waals surface area (Å²) in [4.78, 5) is 31.9. The van der Waals surface area contributed by atoms with E-state index in [1.165, 1.54) is 0 Å². The van der Waals surface area contributed by atoms with Gasteiger partial charge in [-0.1, -0.05) is 12.1 Å². The van der Waals surface area contributed by atoms with Crippen LogP contribution in [0.3, 0.4) is 0 Å². The van der Waals surface area contributed by atoms with Crippen molar-refractivity contribution in [3.8, 4) is 5.75 Å². The number of amides is 2. The predicted octanol–water partition coefficient (Wildman–Crippen LogP) is 1.87. The molecule has 0 unspecified atom stereocenters. The van der Waals surface area contributed by atoms with Gasteiger partial charge in [-0.2, -0.15) is 0 Å². The topological polar surface area (TPSA) is 65.6 Å². The second kappa shape index (κ2) is 8.56. The van der Waals surface area contributed by atoms with Crippen molar-refractivity contribution in [2.45, 2.75) is 19.3 Å². The van der Waals surface area contributed by atoms with Crippen molar-refractivity contribution in [3.63, 3.8) is 0 Å². The molecule has 0 bridgehead atoms. The van der Waals surface area contributed by atoms with Crippen LogP contribution in [0, 0.1) is 0 Å². The summed E-state index contributed by atoms with van der Waals surface area (Å²) in [5.74, 6) is 0.957. The van der Waals surface area contributed by atoms with Gasteiger partial charge in [0.25, 0.3) is 0 Å². The largest absolute Gasteiger partial charge is 0.497 e. The Morgan fingerprint density at radius 2 is 1.73 bits per heavy atom. The number of carbonyl (C=O) groups is 2. The van der Waals surface area contributed by atoms with Gasteiger partial charge in [0, 0.05) is 38.1 Å². The van der Waals surface area contributed by atoms with Crippen LogP contribution in [-0.4, -0.2) is 59.9 Å². The van der Waals surface area contributed by atoms with Crippen LogP contribution in [0.25, 0.3) is 0 Å². The molecule has 6 heteroatoms. The highest BCUT2D eigenvalue weighted by molar-refractivity contribution is 5.80. The van der Waals surface area contributed by atoms with Crippen molar-refractivity contribution in [1.82, 2.24) is 14.8 Å². The lowest BCUT2D eigenvalue weighted by Crippen LogP contribution is -2.38. The van der Waals surface area contributed by atoms with Crippen molar-refractivity contribution in [2.24, 2.45) is 0 Å². The average molecular weight is 355 g/mol. The van der Waals surface area contributed by atoms with E-state index in [9.17, 15) is 9.59 Å². The quantitative estimate of drug-likeness (QED) is 0.890. The maximum absolute atomic E-state index is 12.6. The van der Waals surface area contributed by atoms with Gasteiger partial charge in [-0.3, -0.25) is 9.59 Å². The molecule has 0 spiro atoms. The van der Waals surface area contributed by atoms with Gasteiger partial charge in [-0.05, 0) is 36.2 Å². The summed E-state index contributed by atoms with van der Waals surface area (Å²) in [7, 11) is 1.62. The molecule has 3 rings (SSSR count). The third kappa shape index (κ3) is 4.65. The Kier molecular flexibility index (Phi) is 5.94. The standard InChI is InChI=1S/C20H25N3O3/c1-26-18-7-2-5-16(13-18)14-19(24)22-9-4-10-23(12-11-22)20(25)15-17-6-3-8-21-17/h2-3,5-8,13,21H,4,9-12,14-15H2,1H3. The molecule has 0 radical (unpaired) electrons. The molecule has 1 N–H and O–H groups in total. The Hall–Kier alpha value is -2.76. The van der Waals surface area contributed by atoms with Gasteiger partial charge in [0.2, 0.25) is 11.8 Å². The first-order valence-electron chi connectivity index (χ1n) is 8.96. The van der Waals surface area contributed by atoms with Crippen LogP contribution in [0.4, 0.5) is 0 Å². The van der Waals surface area contributed by atoms with Crippen LogP contribution in [0.2, 0.25) is 0 Å². The van der Waals surface area contributed by atoms with Gasteiger partial charge in [-0.15, -0.1) is 0 Å². The predicted molar refractivity (Wildman–Crippen MR) is 99.0 cm³/mol. The van der Waals surface area contributed by atoms with E-state index in [4.69, 9.17) is 4.74 Å². The van der Waals surface area contributed by atoms with Gasteiger partial charge in [-0.25, -0.2) is 0 Å². The first-order chi connectivity index (χ1) is 12.7. The van der Waals surface area contributed by atoms with Crippen LogP contribution >= 0.6 is 0 Å². The fraction of sp³-hybridized carbons (Fsp3) is 0.400. The smallest absolute Gasteiger partial charge is 0.228 e. The van der Waals surface area contributed by atoms with Crippen LogP contribution < -0.4 is 4.74 Å². The van der Waals surface area contributed by atoms with Gasteiger partial charge in [0.15, 0.2) is 0 Å². The molecule has 1 aromatic carbocycles. The first-order valence-corrected chi connectivity index (χ1v) is 8.96. The molecule has 1 aliphatic heterocycles. The highest BCUT2D eigenvalue weighted by Crippen LogP contribution is 2.14. The number of ether oxygens (including phenoxy) is 1. The fourth-order valence-electron chi connectivity index (χ4n) is 3.24. The number of hydrogen-bond donors (Lipinski definition) is 1. The third-order valence-corrected chi connectivity index (χ3v) is 4.69. The maximum atomic E-state index is 12.6. The number of nitrogens with zero attached hydrogens (tertiary/aromatic N) is 2. The Balaban J connectivity index is 1.54.